The van der Waals surface area contributed by atoms with Crippen molar-refractivity contribution in [1.82, 2.24) is 0 Å². The molecule has 0 saturated heterocycles. The Morgan fingerprint density at radius 3 is 2.38 bits per heavy atom. The second-order valence-electron chi connectivity index (χ2n) is 6.46. The lowest BCUT2D eigenvalue weighted by Gasteiger charge is -2.16. The number of hydrogen-bond donors (Lipinski definition) is 1. The molecule has 1 unspecified atom stereocenters. The van der Waals surface area contributed by atoms with E-state index < -0.39 is 18.0 Å². The molecule has 148 valence electrons. The van der Waals surface area contributed by atoms with E-state index in [4.69, 9.17) is 27.9 Å². The number of anilines is 1. The average Bonchev–Trinajstić information content (AvgIpc) is 2.72. The minimum absolute atomic E-state index is 0.231. The van der Waals surface area contributed by atoms with E-state index in [9.17, 15) is 9.59 Å². The molecule has 3 aromatic rings. The molecule has 0 radical (unpaired) electrons. The molecule has 0 saturated carbocycles. The zero-order chi connectivity index (χ0) is 20.8. The molecule has 6 heteroatoms. The second-order valence-corrected chi connectivity index (χ2v) is 7.24. The summed E-state index contributed by atoms with van der Waals surface area (Å²) in [5.41, 5.74) is 2.69. The third-order valence-electron chi connectivity index (χ3n) is 4.34. The van der Waals surface area contributed by atoms with Crippen molar-refractivity contribution in [3.05, 3.63) is 99.5 Å². The maximum atomic E-state index is 12.7. The molecule has 0 aliphatic heterocycles. The van der Waals surface area contributed by atoms with Crippen LogP contribution in [0.5, 0.6) is 0 Å². The topological polar surface area (TPSA) is 55.4 Å². The summed E-state index contributed by atoms with van der Waals surface area (Å²) in [5.74, 6) is -1.06. The monoisotopic (exact) mass is 427 g/mol. The smallest absolute Gasteiger partial charge is 0.339 e. The first-order valence-corrected chi connectivity index (χ1v) is 9.79. The molecule has 0 bridgehead atoms. The number of carbonyl (C=O) groups excluding carboxylic acids is 2. The predicted molar refractivity (Wildman–Crippen MR) is 116 cm³/mol. The van der Waals surface area contributed by atoms with E-state index in [1.165, 1.54) is 6.92 Å². The van der Waals surface area contributed by atoms with Crippen LogP contribution in [0.3, 0.4) is 0 Å². The van der Waals surface area contributed by atoms with E-state index in [-0.39, 0.29) is 5.02 Å². The number of benzene rings is 3. The largest absolute Gasteiger partial charge is 0.449 e. The summed E-state index contributed by atoms with van der Waals surface area (Å²) >= 11 is 12.0. The van der Waals surface area contributed by atoms with Crippen LogP contribution in [0.25, 0.3) is 0 Å². The fourth-order valence-corrected chi connectivity index (χ4v) is 3.15. The maximum Gasteiger partial charge on any atom is 0.339 e. The van der Waals surface area contributed by atoms with E-state index in [2.05, 4.69) is 5.32 Å². The lowest BCUT2D eigenvalue weighted by Crippen LogP contribution is -2.30. The van der Waals surface area contributed by atoms with E-state index in [0.717, 1.165) is 11.1 Å². The molecular weight excluding hydrogens is 409 g/mol. The number of rotatable bonds is 6. The molecular formula is C23H19Cl2NO3. The van der Waals surface area contributed by atoms with Gasteiger partial charge in [0.05, 0.1) is 21.3 Å². The minimum Gasteiger partial charge on any atom is -0.449 e. The number of amides is 1. The second kappa shape index (κ2) is 9.59. The Kier molecular flexibility index (Phi) is 6.91. The number of esters is 1. The summed E-state index contributed by atoms with van der Waals surface area (Å²) in [4.78, 5) is 25.1. The molecule has 1 N–H and O–H groups in total. The van der Waals surface area contributed by atoms with Gasteiger partial charge < -0.3 is 10.1 Å². The molecule has 0 heterocycles. The van der Waals surface area contributed by atoms with E-state index >= 15 is 0 Å². The molecule has 1 atom stereocenters. The Morgan fingerprint density at radius 1 is 0.931 bits per heavy atom. The van der Waals surface area contributed by atoms with Crippen molar-refractivity contribution < 1.29 is 14.3 Å². The highest BCUT2D eigenvalue weighted by molar-refractivity contribution is 6.44. The first kappa shape index (κ1) is 20.9. The minimum atomic E-state index is -1.01. The van der Waals surface area contributed by atoms with Gasteiger partial charge in [0, 0.05) is 0 Å². The highest BCUT2D eigenvalue weighted by Gasteiger charge is 2.21. The van der Waals surface area contributed by atoms with Crippen LogP contribution in [0, 0.1) is 0 Å². The zero-order valence-electron chi connectivity index (χ0n) is 15.7. The molecule has 0 aliphatic rings. The molecule has 4 nitrogen and oxygen atoms in total. The molecule has 0 aromatic heterocycles. The zero-order valence-corrected chi connectivity index (χ0v) is 17.2. The van der Waals surface area contributed by atoms with Gasteiger partial charge >= 0.3 is 5.97 Å². The first-order chi connectivity index (χ1) is 14.0. The van der Waals surface area contributed by atoms with E-state index in [1.807, 2.05) is 42.5 Å². The van der Waals surface area contributed by atoms with Gasteiger partial charge in [0.25, 0.3) is 5.91 Å². The van der Waals surface area contributed by atoms with Gasteiger partial charge in [-0.1, -0.05) is 77.8 Å². The van der Waals surface area contributed by atoms with E-state index in [1.54, 1.807) is 30.3 Å². The Balaban J connectivity index is 1.70. The summed E-state index contributed by atoms with van der Waals surface area (Å²) in [6.45, 7) is 1.51. The third-order valence-corrected chi connectivity index (χ3v) is 5.16. The molecule has 29 heavy (non-hydrogen) atoms. The molecule has 0 spiro atoms. The fourth-order valence-electron chi connectivity index (χ4n) is 2.80. The van der Waals surface area contributed by atoms with Crippen LogP contribution in [0.4, 0.5) is 5.69 Å². The number of carbonyl (C=O) groups is 2. The third kappa shape index (κ3) is 5.37. The van der Waals surface area contributed by atoms with Gasteiger partial charge in [-0.15, -0.1) is 0 Å². The van der Waals surface area contributed by atoms with Gasteiger partial charge in [-0.25, -0.2) is 4.79 Å². The van der Waals surface area contributed by atoms with Crippen LogP contribution in [-0.2, 0) is 16.0 Å². The fraction of sp³-hybridized carbons (Fsp3) is 0.130. The SMILES string of the molecule is CC(OC(=O)c1ccccc1Cc1ccccc1)C(=O)Nc1cccc(Cl)c1Cl. The van der Waals surface area contributed by atoms with Gasteiger partial charge in [-0.05, 0) is 42.7 Å². The average molecular weight is 428 g/mol. The highest BCUT2D eigenvalue weighted by atomic mass is 35.5. The number of hydrogen-bond acceptors (Lipinski definition) is 3. The quantitative estimate of drug-likeness (QED) is 0.508. The van der Waals surface area contributed by atoms with Crippen LogP contribution >= 0.6 is 23.2 Å². The van der Waals surface area contributed by atoms with Gasteiger partial charge in [0.2, 0.25) is 0 Å². The van der Waals surface area contributed by atoms with Crippen molar-refractivity contribution >= 4 is 40.8 Å². The standard InChI is InChI=1S/C23H19Cl2NO3/c1-15(22(27)26-20-13-7-12-19(24)21(20)25)29-23(28)18-11-6-5-10-17(18)14-16-8-3-2-4-9-16/h2-13,15H,14H2,1H3,(H,26,27). The van der Waals surface area contributed by atoms with Crippen molar-refractivity contribution in [3.63, 3.8) is 0 Å². The molecule has 0 fully saturated rings. The molecule has 1 amide bonds. The van der Waals surface area contributed by atoms with Crippen molar-refractivity contribution in [2.75, 3.05) is 5.32 Å². The highest BCUT2D eigenvalue weighted by Crippen LogP contribution is 2.29. The number of ether oxygens (including phenoxy) is 1. The van der Waals surface area contributed by atoms with Crippen molar-refractivity contribution in [2.24, 2.45) is 0 Å². The van der Waals surface area contributed by atoms with Gasteiger partial charge in [0.1, 0.15) is 0 Å². The Hall–Kier alpha value is -2.82. The summed E-state index contributed by atoms with van der Waals surface area (Å²) < 4.78 is 5.39. The lowest BCUT2D eigenvalue weighted by molar-refractivity contribution is -0.123. The Bertz CT molecular complexity index is 1020. The Morgan fingerprint density at radius 2 is 1.62 bits per heavy atom. The summed E-state index contributed by atoms with van der Waals surface area (Å²) in [5, 5.41) is 3.18. The lowest BCUT2D eigenvalue weighted by atomic mass is 10.00. The van der Waals surface area contributed by atoms with Crippen LogP contribution < -0.4 is 5.32 Å². The van der Waals surface area contributed by atoms with Gasteiger partial charge in [0.15, 0.2) is 6.10 Å². The Labute approximate surface area is 179 Å². The first-order valence-electron chi connectivity index (χ1n) is 9.03. The predicted octanol–water partition coefficient (Wildman–Crippen LogP) is 5.77. The van der Waals surface area contributed by atoms with Crippen molar-refractivity contribution in [1.29, 1.82) is 0 Å². The normalized spacial score (nSPS) is 11.6. The van der Waals surface area contributed by atoms with Crippen molar-refractivity contribution in [2.45, 2.75) is 19.4 Å². The molecule has 0 aliphatic carbocycles. The van der Waals surface area contributed by atoms with Crippen LogP contribution in [0.2, 0.25) is 10.0 Å². The summed E-state index contributed by atoms with van der Waals surface area (Å²) in [6, 6.07) is 21.9. The van der Waals surface area contributed by atoms with Crippen LogP contribution in [0.15, 0.2) is 72.8 Å². The summed E-state index contributed by atoms with van der Waals surface area (Å²) in [7, 11) is 0. The number of nitrogens with one attached hydrogen (secondary N) is 1. The van der Waals surface area contributed by atoms with Crippen LogP contribution in [-0.4, -0.2) is 18.0 Å². The number of halogens is 2. The van der Waals surface area contributed by atoms with E-state index in [0.29, 0.717) is 22.7 Å². The van der Waals surface area contributed by atoms with Gasteiger partial charge in [-0.3, -0.25) is 4.79 Å². The maximum absolute atomic E-state index is 12.7. The van der Waals surface area contributed by atoms with Crippen molar-refractivity contribution in [3.8, 4) is 0 Å². The van der Waals surface area contributed by atoms with Gasteiger partial charge in [-0.2, -0.15) is 0 Å². The summed E-state index contributed by atoms with van der Waals surface area (Å²) in [6.07, 6.45) is -0.424. The molecule has 3 aromatic carbocycles. The molecule has 3 rings (SSSR count). The van der Waals surface area contributed by atoms with Crippen LogP contribution in [0.1, 0.15) is 28.4 Å².